The van der Waals surface area contributed by atoms with Crippen molar-refractivity contribution in [2.75, 3.05) is 12.8 Å². The van der Waals surface area contributed by atoms with Crippen molar-refractivity contribution in [1.29, 1.82) is 0 Å². The van der Waals surface area contributed by atoms with Crippen molar-refractivity contribution in [3.05, 3.63) is 36.8 Å². The maximum absolute atomic E-state index is 6.07. The van der Waals surface area contributed by atoms with Gasteiger partial charge in [-0.25, -0.2) is 9.97 Å². The van der Waals surface area contributed by atoms with Crippen LogP contribution in [0.25, 0.3) is 22.3 Å². The molecule has 2 aromatic heterocycles. The molecular weight excluding hydrogens is 240 g/mol. The quantitative estimate of drug-likeness (QED) is 0.761. The van der Waals surface area contributed by atoms with E-state index in [-0.39, 0.29) is 0 Å². The Labute approximate surface area is 110 Å². The second-order valence-corrected chi connectivity index (χ2v) is 4.32. The Bertz CT molecular complexity index is 748. The number of hydrogen-bond acceptors (Lipinski definition) is 4. The topological polar surface area (TPSA) is 66.0 Å². The smallest absolute Gasteiger partial charge is 0.145 e. The summed E-state index contributed by atoms with van der Waals surface area (Å²) < 4.78 is 7.28. The van der Waals surface area contributed by atoms with E-state index < -0.39 is 0 Å². The minimum absolute atomic E-state index is 0.666. The highest BCUT2D eigenvalue weighted by Gasteiger charge is 2.15. The maximum atomic E-state index is 6.07. The lowest BCUT2D eigenvalue weighted by atomic mass is 10.1. The molecule has 0 amide bonds. The zero-order valence-electron chi connectivity index (χ0n) is 10.8. The number of rotatable bonds is 2. The van der Waals surface area contributed by atoms with Crippen LogP contribution in [0.5, 0.6) is 5.75 Å². The third-order valence-electron chi connectivity index (χ3n) is 3.14. The van der Waals surface area contributed by atoms with E-state index in [1.165, 1.54) is 0 Å². The predicted octanol–water partition coefficient (Wildman–Crippen LogP) is 2.23. The van der Waals surface area contributed by atoms with E-state index in [0.717, 1.165) is 28.0 Å². The number of aromatic nitrogens is 3. The Hall–Kier alpha value is -2.56. The lowest BCUT2D eigenvalue weighted by Gasteiger charge is -2.08. The predicted molar refractivity (Wildman–Crippen MR) is 74.9 cm³/mol. The largest absolute Gasteiger partial charge is 0.496 e. The summed E-state index contributed by atoms with van der Waals surface area (Å²) in [5, 5.41) is 0.856. The number of nitrogens with two attached hydrogens (primary N) is 1. The van der Waals surface area contributed by atoms with Gasteiger partial charge in [-0.2, -0.15) is 0 Å². The lowest BCUT2D eigenvalue weighted by molar-refractivity contribution is 0.416. The highest BCUT2D eigenvalue weighted by molar-refractivity contribution is 6.00. The molecule has 2 heterocycles. The van der Waals surface area contributed by atoms with Crippen molar-refractivity contribution in [3.63, 3.8) is 0 Å². The molecule has 0 saturated heterocycles. The number of nitrogen functional groups attached to an aromatic ring is 1. The molecule has 3 rings (SSSR count). The Kier molecular flexibility index (Phi) is 2.59. The van der Waals surface area contributed by atoms with Gasteiger partial charge in [0.05, 0.1) is 23.9 Å². The van der Waals surface area contributed by atoms with Gasteiger partial charge in [0.2, 0.25) is 0 Å². The highest BCUT2D eigenvalue weighted by Crippen LogP contribution is 2.35. The highest BCUT2D eigenvalue weighted by atomic mass is 16.5. The molecule has 0 radical (unpaired) electrons. The van der Waals surface area contributed by atoms with Crippen molar-refractivity contribution in [2.45, 2.75) is 0 Å². The van der Waals surface area contributed by atoms with E-state index in [2.05, 4.69) is 9.97 Å². The van der Waals surface area contributed by atoms with Crippen LogP contribution in [0, 0.1) is 0 Å². The average molecular weight is 254 g/mol. The zero-order chi connectivity index (χ0) is 13.4. The molecule has 0 spiro atoms. The molecule has 3 aromatic rings. The van der Waals surface area contributed by atoms with Crippen molar-refractivity contribution >= 4 is 16.7 Å². The van der Waals surface area contributed by atoms with Gasteiger partial charge in [0, 0.05) is 18.8 Å². The molecule has 0 bridgehead atoms. The van der Waals surface area contributed by atoms with Crippen molar-refractivity contribution in [3.8, 4) is 17.0 Å². The SMILES string of the molecule is COc1ccccc1-c1ncnc2c1c(N)cn2C. The number of aryl methyl sites for hydroxylation is 1. The maximum Gasteiger partial charge on any atom is 0.145 e. The van der Waals surface area contributed by atoms with Crippen LogP contribution in [0.1, 0.15) is 0 Å². The first-order chi connectivity index (χ1) is 9.22. The third-order valence-corrected chi connectivity index (χ3v) is 3.14. The van der Waals surface area contributed by atoms with E-state index >= 15 is 0 Å². The first kappa shape index (κ1) is 11.5. The van der Waals surface area contributed by atoms with Gasteiger partial charge in [0.1, 0.15) is 17.7 Å². The van der Waals surface area contributed by atoms with Crippen molar-refractivity contribution in [1.82, 2.24) is 14.5 Å². The molecule has 0 saturated carbocycles. The van der Waals surface area contributed by atoms with Gasteiger partial charge in [-0.1, -0.05) is 12.1 Å². The van der Waals surface area contributed by atoms with Gasteiger partial charge >= 0.3 is 0 Å². The number of anilines is 1. The molecule has 2 N–H and O–H groups in total. The molecule has 1 aromatic carbocycles. The summed E-state index contributed by atoms with van der Waals surface area (Å²) in [5.41, 5.74) is 9.25. The molecule has 0 aliphatic heterocycles. The van der Waals surface area contributed by atoms with Crippen LogP contribution < -0.4 is 10.5 Å². The molecular formula is C14H14N4O. The van der Waals surface area contributed by atoms with Crippen LogP contribution in [-0.4, -0.2) is 21.6 Å². The van der Waals surface area contributed by atoms with Crippen molar-refractivity contribution < 1.29 is 4.74 Å². The number of hydrogen-bond donors (Lipinski definition) is 1. The molecule has 19 heavy (non-hydrogen) atoms. The number of methoxy groups -OCH3 is 1. The van der Waals surface area contributed by atoms with E-state index in [9.17, 15) is 0 Å². The fourth-order valence-electron chi connectivity index (χ4n) is 2.29. The first-order valence-electron chi connectivity index (χ1n) is 5.91. The van der Waals surface area contributed by atoms with Gasteiger partial charge in [-0.15, -0.1) is 0 Å². The van der Waals surface area contributed by atoms with Crippen LogP contribution in [-0.2, 0) is 7.05 Å². The molecule has 5 nitrogen and oxygen atoms in total. The third kappa shape index (κ3) is 1.71. The van der Waals surface area contributed by atoms with Gasteiger partial charge < -0.3 is 15.0 Å². The summed E-state index contributed by atoms with van der Waals surface area (Å²) in [5.74, 6) is 0.769. The minimum Gasteiger partial charge on any atom is -0.496 e. The Balaban J connectivity index is 2.37. The summed E-state index contributed by atoms with van der Waals surface area (Å²) in [4.78, 5) is 8.65. The molecule has 0 fully saturated rings. The van der Waals surface area contributed by atoms with Crippen LogP contribution in [0.15, 0.2) is 36.8 Å². The molecule has 0 atom stereocenters. The van der Waals surface area contributed by atoms with Crippen LogP contribution >= 0.6 is 0 Å². The number of nitrogens with zero attached hydrogens (tertiary/aromatic N) is 3. The Morgan fingerprint density at radius 3 is 2.79 bits per heavy atom. The average Bonchev–Trinajstić information content (AvgIpc) is 2.74. The van der Waals surface area contributed by atoms with Crippen LogP contribution in [0.2, 0.25) is 0 Å². The van der Waals surface area contributed by atoms with Gasteiger partial charge in [-0.3, -0.25) is 0 Å². The van der Waals surface area contributed by atoms with E-state index in [4.69, 9.17) is 10.5 Å². The fourth-order valence-corrected chi connectivity index (χ4v) is 2.29. The molecule has 0 unspecified atom stereocenters. The second kappa shape index (κ2) is 4.28. The van der Waals surface area contributed by atoms with Crippen LogP contribution in [0.3, 0.4) is 0 Å². The number of ether oxygens (including phenoxy) is 1. The van der Waals surface area contributed by atoms with E-state index in [0.29, 0.717) is 5.69 Å². The number of fused-ring (bicyclic) bond motifs is 1. The zero-order valence-corrected chi connectivity index (χ0v) is 10.8. The normalized spacial score (nSPS) is 10.8. The fraction of sp³-hybridized carbons (Fsp3) is 0.143. The molecule has 0 aliphatic rings. The minimum atomic E-state index is 0.666. The van der Waals surface area contributed by atoms with Crippen LogP contribution in [0.4, 0.5) is 5.69 Å². The van der Waals surface area contributed by atoms with Gasteiger partial charge in [-0.05, 0) is 12.1 Å². The molecule has 0 aliphatic carbocycles. The lowest BCUT2D eigenvalue weighted by Crippen LogP contribution is -1.94. The van der Waals surface area contributed by atoms with Gasteiger partial charge in [0.25, 0.3) is 0 Å². The Morgan fingerprint density at radius 1 is 1.21 bits per heavy atom. The summed E-state index contributed by atoms with van der Waals surface area (Å²) in [7, 11) is 3.56. The van der Waals surface area contributed by atoms with E-state index in [1.807, 2.05) is 42.1 Å². The van der Waals surface area contributed by atoms with Crippen molar-refractivity contribution in [2.24, 2.45) is 7.05 Å². The van der Waals surface area contributed by atoms with E-state index in [1.54, 1.807) is 13.4 Å². The first-order valence-corrected chi connectivity index (χ1v) is 5.91. The summed E-state index contributed by atoms with van der Waals surface area (Å²) >= 11 is 0. The molecule has 5 heteroatoms. The summed E-state index contributed by atoms with van der Waals surface area (Å²) in [6.07, 6.45) is 3.39. The number of benzene rings is 1. The monoisotopic (exact) mass is 254 g/mol. The standard InChI is InChI=1S/C14H14N4O/c1-18-7-10(15)12-13(16-8-17-14(12)18)9-5-3-4-6-11(9)19-2/h3-8H,15H2,1-2H3. The summed E-state index contributed by atoms with van der Waals surface area (Å²) in [6.45, 7) is 0. The summed E-state index contributed by atoms with van der Waals surface area (Å²) in [6, 6.07) is 7.75. The second-order valence-electron chi connectivity index (χ2n) is 4.32. The molecule has 96 valence electrons. The Morgan fingerprint density at radius 2 is 2.00 bits per heavy atom. The number of para-hydroxylation sites is 1. The van der Waals surface area contributed by atoms with Gasteiger partial charge in [0.15, 0.2) is 0 Å².